The summed E-state index contributed by atoms with van der Waals surface area (Å²) < 4.78 is 6.44. The van der Waals surface area contributed by atoms with Gasteiger partial charge in [-0.15, -0.1) is 6.58 Å². The maximum atomic E-state index is 6.44. The van der Waals surface area contributed by atoms with Crippen molar-refractivity contribution in [3.8, 4) is 0 Å². The van der Waals surface area contributed by atoms with Crippen LogP contribution in [0.1, 0.15) is 52.9 Å². The molecule has 0 heterocycles. The molecule has 1 fully saturated rings. The quantitative estimate of drug-likeness (QED) is 0.426. The zero-order valence-corrected chi connectivity index (χ0v) is 15.5. The monoisotopic (exact) mass is 284 g/mol. The molecule has 106 valence electrons. The van der Waals surface area contributed by atoms with Crippen molar-refractivity contribution in [2.75, 3.05) is 0 Å². The third-order valence-corrected chi connectivity index (χ3v) is 16.2. The smallest absolute Gasteiger partial charge is 0.151 e. The minimum Gasteiger partial charge on any atom is -0.424 e. The fourth-order valence-electron chi connectivity index (χ4n) is 2.26. The molecular weight excluding hydrogens is 252 g/mol. The average Bonchev–Trinajstić information content (AvgIpc) is 2.49. The highest BCUT2D eigenvalue weighted by Crippen LogP contribution is 2.35. The summed E-state index contributed by atoms with van der Waals surface area (Å²) in [6.07, 6.45) is 9.23. The Morgan fingerprint density at radius 2 is 1.83 bits per heavy atom. The summed E-state index contributed by atoms with van der Waals surface area (Å²) in [5, 5.41) is 0.488. The summed E-state index contributed by atoms with van der Waals surface area (Å²) in [5.41, 5.74) is 0. The van der Waals surface area contributed by atoms with Crippen molar-refractivity contribution >= 4 is 16.9 Å². The molecule has 1 aliphatic carbocycles. The van der Waals surface area contributed by atoms with E-state index < -0.39 is 7.59 Å². The predicted octanol–water partition coefficient (Wildman–Crippen LogP) is 4.23. The lowest BCUT2D eigenvalue weighted by Gasteiger charge is -2.37. The Bertz CT molecular complexity index is 268. The van der Waals surface area contributed by atoms with Crippen LogP contribution in [0.3, 0.4) is 0 Å². The van der Waals surface area contributed by atoms with Gasteiger partial charge in [0.25, 0.3) is 0 Å². The molecule has 0 aromatic heterocycles. The molecule has 0 spiro atoms. The number of hydrogen-bond donors (Lipinski definition) is 0. The summed E-state index contributed by atoms with van der Waals surface area (Å²) in [6.45, 7) is 16.2. The van der Waals surface area contributed by atoms with Crippen LogP contribution in [-0.4, -0.2) is 23.0 Å². The van der Waals surface area contributed by atoms with Crippen LogP contribution in [0.15, 0.2) is 12.7 Å². The van der Waals surface area contributed by atoms with Crippen molar-refractivity contribution in [3.63, 3.8) is 0 Å². The highest BCUT2D eigenvalue weighted by Gasteiger charge is 2.36. The van der Waals surface area contributed by atoms with Gasteiger partial charge in [0.15, 0.2) is 9.28 Å². The van der Waals surface area contributed by atoms with Crippen LogP contribution in [0.25, 0.3) is 0 Å². The summed E-state index contributed by atoms with van der Waals surface area (Å²) in [6, 6.07) is 0. The van der Waals surface area contributed by atoms with Crippen LogP contribution < -0.4 is 0 Å². The fraction of sp³-hybridized carbons (Fsp3) is 0.867. The molecule has 1 aliphatic rings. The van der Waals surface area contributed by atoms with E-state index in [0.717, 1.165) is 0 Å². The first-order valence-electron chi connectivity index (χ1n) is 7.50. The van der Waals surface area contributed by atoms with Gasteiger partial charge in [-0.25, -0.2) is 0 Å². The van der Waals surface area contributed by atoms with Crippen molar-refractivity contribution < 1.29 is 4.43 Å². The van der Waals surface area contributed by atoms with E-state index in [4.69, 9.17) is 4.43 Å². The first kappa shape index (κ1) is 16.2. The Morgan fingerprint density at radius 3 is 2.39 bits per heavy atom. The molecule has 2 unspecified atom stereocenters. The van der Waals surface area contributed by atoms with Gasteiger partial charge >= 0.3 is 0 Å². The van der Waals surface area contributed by atoms with E-state index in [0.29, 0.717) is 17.1 Å². The Balaban J connectivity index is 2.49. The molecule has 0 saturated heterocycles. The van der Waals surface area contributed by atoms with Crippen LogP contribution >= 0.6 is 0 Å². The van der Waals surface area contributed by atoms with Gasteiger partial charge < -0.3 is 4.43 Å². The maximum absolute atomic E-state index is 6.44. The van der Waals surface area contributed by atoms with Gasteiger partial charge in [-0.3, -0.25) is 0 Å². The molecule has 1 saturated carbocycles. The SMILES string of the molecule is C=CC1CCCCC(O[SiH2][Si](C)(C)C(C)(C)C)C1. The summed E-state index contributed by atoms with van der Waals surface area (Å²) in [4.78, 5) is 0. The molecule has 18 heavy (non-hydrogen) atoms. The Hall–Kier alpha value is 0.134. The van der Waals surface area contributed by atoms with Crippen LogP contribution in [0.5, 0.6) is 0 Å². The third kappa shape index (κ3) is 4.67. The molecule has 0 aliphatic heterocycles. The standard InChI is InChI=1S/C15H32OSi2/c1-7-13-10-8-9-11-14(12-13)16-17-18(5,6)15(2,3)4/h7,13-14H,1,8-12,17H2,2-6H3. The van der Waals surface area contributed by atoms with E-state index in [1.54, 1.807) is 0 Å². The van der Waals surface area contributed by atoms with E-state index in [2.05, 4.69) is 46.5 Å². The molecule has 1 rings (SSSR count). The van der Waals surface area contributed by atoms with Crippen LogP contribution in [0.2, 0.25) is 18.1 Å². The highest BCUT2D eigenvalue weighted by atomic mass is 29.2. The van der Waals surface area contributed by atoms with Crippen molar-refractivity contribution in [1.82, 2.24) is 0 Å². The van der Waals surface area contributed by atoms with Gasteiger partial charge in [-0.2, -0.15) is 0 Å². The van der Waals surface area contributed by atoms with E-state index in [1.807, 2.05) is 0 Å². The first-order valence-corrected chi connectivity index (χ1v) is 13.4. The van der Waals surface area contributed by atoms with E-state index in [9.17, 15) is 0 Å². The van der Waals surface area contributed by atoms with Gasteiger partial charge in [0.2, 0.25) is 0 Å². The highest BCUT2D eigenvalue weighted by molar-refractivity contribution is 7.22. The minimum atomic E-state index is -1.15. The fourth-order valence-corrected chi connectivity index (χ4v) is 6.90. The number of allylic oxidation sites excluding steroid dienone is 1. The molecule has 0 amide bonds. The van der Waals surface area contributed by atoms with Crippen molar-refractivity contribution in [2.24, 2.45) is 5.92 Å². The molecule has 0 N–H and O–H groups in total. The van der Waals surface area contributed by atoms with Crippen LogP contribution in [-0.2, 0) is 4.43 Å². The lowest BCUT2D eigenvalue weighted by atomic mass is 10.00. The largest absolute Gasteiger partial charge is 0.424 e. The van der Waals surface area contributed by atoms with Gasteiger partial charge in [-0.05, 0) is 30.2 Å². The third-order valence-electron chi connectivity index (χ3n) is 4.96. The minimum absolute atomic E-state index is 0.351. The Morgan fingerprint density at radius 1 is 1.22 bits per heavy atom. The Labute approximate surface area is 117 Å². The first-order chi connectivity index (χ1) is 8.26. The predicted molar refractivity (Wildman–Crippen MR) is 87.4 cm³/mol. The molecular formula is C15H32OSi2. The Kier molecular flexibility index (Phi) is 5.87. The lowest BCUT2D eigenvalue weighted by Crippen LogP contribution is -2.46. The second-order valence-corrected chi connectivity index (χ2v) is 19.6. The zero-order valence-electron chi connectivity index (χ0n) is 13.1. The second-order valence-electron chi connectivity index (χ2n) is 7.58. The van der Waals surface area contributed by atoms with Crippen LogP contribution in [0, 0.1) is 5.92 Å². The number of hydrogen-bond acceptors (Lipinski definition) is 1. The van der Waals surface area contributed by atoms with E-state index in [1.165, 1.54) is 32.1 Å². The summed E-state index contributed by atoms with van der Waals surface area (Å²) in [7, 11) is -1.50. The van der Waals surface area contributed by atoms with E-state index >= 15 is 0 Å². The molecule has 2 atom stereocenters. The molecule has 0 aromatic carbocycles. The topological polar surface area (TPSA) is 9.23 Å². The van der Waals surface area contributed by atoms with Crippen LogP contribution in [0.4, 0.5) is 0 Å². The van der Waals surface area contributed by atoms with Crippen molar-refractivity contribution in [1.29, 1.82) is 0 Å². The molecule has 0 bridgehead atoms. The van der Waals surface area contributed by atoms with Gasteiger partial charge in [0.1, 0.15) is 0 Å². The van der Waals surface area contributed by atoms with Gasteiger partial charge in [-0.1, -0.05) is 52.8 Å². The van der Waals surface area contributed by atoms with Gasteiger partial charge in [0.05, 0.1) is 7.59 Å². The zero-order chi connectivity index (χ0) is 13.8. The summed E-state index contributed by atoms with van der Waals surface area (Å²) >= 11 is 0. The molecule has 3 heteroatoms. The van der Waals surface area contributed by atoms with Crippen molar-refractivity contribution in [3.05, 3.63) is 12.7 Å². The maximum Gasteiger partial charge on any atom is 0.151 e. The van der Waals surface area contributed by atoms with Crippen molar-refractivity contribution in [2.45, 2.75) is 77.1 Å². The van der Waals surface area contributed by atoms with Gasteiger partial charge in [0, 0.05) is 6.10 Å². The number of rotatable bonds is 4. The molecule has 1 nitrogen and oxygen atoms in total. The molecule has 0 radical (unpaired) electrons. The molecule has 0 aromatic rings. The normalized spacial score (nSPS) is 27.4. The van der Waals surface area contributed by atoms with E-state index in [-0.39, 0.29) is 9.28 Å². The summed E-state index contributed by atoms with van der Waals surface area (Å²) in [5.74, 6) is 0.700. The average molecular weight is 285 g/mol. The second kappa shape index (κ2) is 6.53. The lowest BCUT2D eigenvalue weighted by molar-refractivity contribution is 0.187.